The van der Waals surface area contributed by atoms with Gasteiger partial charge in [0.2, 0.25) is 0 Å². The van der Waals surface area contributed by atoms with Crippen molar-refractivity contribution < 1.29 is 25.2 Å². The topological polar surface area (TPSA) is 43.8 Å². The van der Waals surface area contributed by atoms with Crippen LogP contribution < -0.4 is 4.74 Å². The molecule has 0 radical (unpaired) electrons. The van der Waals surface area contributed by atoms with Gasteiger partial charge in [-0.1, -0.05) is 142 Å². The first-order valence-corrected chi connectivity index (χ1v) is 17.6. The van der Waals surface area contributed by atoms with E-state index >= 15 is 0 Å². The second-order valence-corrected chi connectivity index (χ2v) is 15.8. The van der Waals surface area contributed by atoms with E-state index in [-0.39, 0.29) is 31.3 Å². The van der Waals surface area contributed by atoms with Gasteiger partial charge in [0.25, 0.3) is 0 Å². The fourth-order valence-electron chi connectivity index (χ4n) is 7.86. The number of fused-ring (bicyclic) bond motifs is 16. The third-order valence-electron chi connectivity index (χ3n) is 10.4. The van der Waals surface area contributed by atoms with Crippen LogP contribution in [-0.4, -0.2) is 18.8 Å². The van der Waals surface area contributed by atoms with E-state index in [1.165, 1.54) is 22.0 Å². The maximum atomic E-state index is 6.62. The summed E-state index contributed by atoms with van der Waals surface area (Å²) < 4.78 is 11.2. The average Bonchev–Trinajstić information content (AvgIpc) is 3.70. The molecule has 10 rings (SSSR count). The fourth-order valence-corrected chi connectivity index (χ4v) is 7.86. The Bertz CT molecular complexity index is 3080. The van der Waals surface area contributed by atoms with Gasteiger partial charge in [-0.25, -0.2) is 0 Å². The molecule has 0 saturated heterocycles. The normalized spacial score (nSPS) is 12.7. The van der Waals surface area contributed by atoms with E-state index in [1.54, 1.807) is 0 Å². The van der Waals surface area contributed by atoms with Gasteiger partial charge in [0, 0.05) is 22.5 Å². The van der Waals surface area contributed by atoms with E-state index in [9.17, 15) is 0 Å². The summed E-state index contributed by atoms with van der Waals surface area (Å²) in [5.74, 6) is 1.22. The van der Waals surface area contributed by atoms with Crippen molar-refractivity contribution >= 4 is 76.7 Å². The molecule has 0 bridgehead atoms. The summed E-state index contributed by atoms with van der Waals surface area (Å²) in [5.41, 5.74) is 10.6. The number of para-hydroxylation sites is 5. The molecule has 6 heteroatoms. The molecular formula is C46H36N4OPd. The van der Waals surface area contributed by atoms with Gasteiger partial charge in [0.15, 0.2) is 0 Å². The number of rotatable bonds is 2. The molecule has 0 spiro atoms. The molecule has 6 aromatic carbocycles. The smallest absolute Gasteiger partial charge is 0.497 e. The summed E-state index contributed by atoms with van der Waals surface area (Å²) in [5, 5.41) is 6.36. The summed E-state index contributed by atoms with van der Waals surface area (Å²) in [6.07, 6.45) is 0. The summed E-state index contributed by atoms with van der Waals surface area (Å²) in [4.78, 5) is 10.3. The van der Waals surface area contributed by atoms with Crippen LogP contribution in [-0.2, 0) is 31.3 Å². The first-order chi connectivity index (χ1) is 24.5. The Morgan fingerprint density at radius 1 is 0.519 bits per heavy atom. The predicted molar refractivity (Wildman–Crippen MR) is 211 cm³/mol. The van der Waals surface area contributed by atoms with Crippen molar-refractivity contribution in [3.05, 3.63) is 132 Å². The number of nitrogens with zero attached hydrogens (tertiary/aromatic N) is 4. The molecule has 0 aliphatic heterocycles. The third kappa shape index (κ3) is 4.78. The summed E-state index contributed by atoms with van der Waals surface area (Å²) in [6.45, 7) is 13.6. The van der Waals surface area contributed by atoms with E-state index in [2.05, 4.69) is 147 Å². The molecule has 52 heavy (non-hydrogen) atoms. The van der Waals surface area contributed by atoms with Gasteiger partial charge in [0.05, 0.1) is 33.4 Å². The van der Waals surface area contributed by atoms with Gasteiger partial charge < -0.3 is 13.5 Å². The molecule has 5 nitrogen and oxygen atoms in total. The first-order valence-electron chi connectivity index (χ1n) is 17.6. The van der Waals surface area contributed by atoms with E-state index in [4.69, 9.17) is 14.7 Å². The van der Waals surface area contributed by atoms with Gasteiger partial charge >= 0.3 is 20.4 Å². The van der Waals surface area contributed by atoms with E-state index in [0.29, 0.717) is 11.5 Å². The summed E-state index contributed by atoms with van der Waals surface area (Å²) in [7, 11) is 0. The maximum Gasteiger partial charge on any atom is 2.00 e. The molecule has 0 amide bonds. The molecule has 10 aromatic rings. The van der Waals surface area contributed by atoms with Gasteiger partial charge in [-0.3, -0.25) is 9.97 Å². The van der Waals surface area contributed by atoms with Gasteiger partial charge in [-0.05, 0) is 63.1 Å². The first kappa shape index (κ1) is 32.6. The van der Waals surface area contributed by atoms with Crippen LogP contribution in [0.4, 0.5) is 0 Å². The molecule has 4 heterocycles. The standard InChI is InChI=1S/C46H36N4O.Pd/c1-45(2,3)27-18-21-32-30-22-19-28(25-34(30)43-47-37-14-7-9-16-39(37)49(43)41(32)24-27)51-29-20-23-31-33-12-11-13-36(46(4,5)6)42(33)50-40-17-10-8-15-38(40)48-44(50)35(31)26-29;/h7-24H,1-6H3;/q-2;+2. The van der Waals surface area contributed by atoms with Crippen LogP contribution in [0.1, 0.15) is 52.7 Å². The number of ether oxygens (including phenoxy) is 1. The monoisotopic (exact) mass is 766 g/mol. The van der Waals surface area contributed by atoms with Crippen molar-refractivity contribution in [3.8, 4) is 11.5 Å². The van der Waals surface area contributed by atoms with Crippen LogP contribution in [0.25, 0.3) is 76.7 Å². The zero-order valence-corrected chi connectivity index (χ0v) is 31.5. The summed E-state index contributed by atoms with van der Waals surface area (Å²) in [6, 6.07) is 45.7. The Morgan fingerprint density at radius 3 is 1.69 bits per heavy atom. The number of aromatic nitrogens is 4. The zero-order valence-electron chi connectivity index (χ0n) is 29.9. The van der Waals surface area contributed by atoms with Crippen LogP contribution in [0.5, 0.6) is 11.5 Å². The van der Waals surface area contributed by atoms with Gasteiger partial charge in [-0.2, -0.15) is 0 Å². The molecular weight excluding hydrogens is 731 g/mol. The van der Waals surface area contributed by atoms with Gasteiger partial charge in [0.1, 0.15) is 0 Å². The fraction of sp³-hybridized carbons (Fsp3) is 0.174. The number of hydrogen-bond donors (Lipinski definition) is 0. The number of benzene rings is 6. The Labute approximate surface area is 315 Å². The van der Waals surface area contributed by atoms with Crippen molar-refractivity contribution in [2.24, 2.45) is 0 Å². The Morgan fingerprint density at radius 2 is 1.08 bits per heavy atom. The number of imidazole rings is 2. The number of pyridine rings is 2. The molecule has 0 N–H and O–H groups in total. The molecule has 0 aliphatic rings. The average molecular weight is 767 g/mol. The van der Waals surface area contributed by atoms with Crippen molar-refractivity contribution in [1.82, 2.24) is 18.8 Å². The minimum absolute atomic E-state index is 0. The Kier molecular flexibility index (Phi) is 7.13. The maximum absolute atomic E-state index is 6.62. The Hall–Kier alpha value is -5.28. The van der Waals surface area contributed by atoms with E-state index < -0.39 is 0 Å². The van der Waals surface area contributed by atoms with Crippen LogP contribution >= 0.6 is 0 Å². The van der Waals surface area contributed by atoms with Crippen molar-refractivity contribution in [2.75, 3.05) is 0 Å². The predicted octanol–water partition coefficient (Wildman–Crippen LogP) is 11.9. The SMILES string of the molecule is CC(C)(C)c1ccc2c3ccc(Oc4[c-]c5c(cc4)c4cccc(C(C)(C)C)c4n4c6ccccc6nc54)[c-]c3c3nc4ccccc4n3c2c1.[Pd+2]. The summed E-state index contributed by atoms with van der Waals surface area (Å²) >= 11 is 0. The molecule has 4 aromatic heterocycles. The minimum atomic E-state index is -0.0590. The van der Waals surface area contributed by atoms with Crippen LogP contribution in [0.2, 0.25) is 0 Å². The van der Waals surface area contributed by atoms with Crippen molar-refractivity contribution in [1.29, 1.82) is 0 Å². The molecule has 256 valence electrons. The van der Waals surface area contributed by atoms with Gasteiger partial charge in [-0.15, -0.1) is 12.1 Å². The zero-order chi connectivity index (χ0) is 34.8. The molecule has 0 atom stereocenters. The second kappa shape index (κ2) is 11.4. The third-order valence-corrected chi connectivity index (χ3v) is 10.4. The van der Waals surface area contributed by atoms with Crippen LogP contribution in [0, 0.1) is 12.1 Å². The molecule has 0 saturated carbocycles. The van der Waals surface area contributed by atoms with E-state index in [1.807, 2.05) is 24.3 Å². The molecule has 0 aliphatic carbocycles. The number of hydrogen-bond acceptors (Lipinski definition) is 3. The Balaban J connectivity index is 0.00000360. The minimum Gasteiger partial charge on any atom is -0.497 e. The van der Waals surface area contributed by atoms with Crippen molar-refractivity contribution in [2.45, 2.75) is 52.4 Å². The van der Waals surface area contributed by atoms with Crippen LogP contribution in [0.15, 0.2) is 109 Å². The second-order valence-electron chi connectivity index (χ2n) is 15.8. The quantitative estimate of drug-likeness (QED) is 0.1000. The largest absolute Gasteiger partial charge is 2.00 e. The van der Waals surface area contributed by atoms with Crippen LogP contribution in [0.3, 0.4) is 0 Å². The molecule has 0 fully saturated rings. The van der Waals surface area contributed by atoms with E-state index in [0.717, 1.165) is 65.8 Å². The molecule has 0 unspecified atom stereocenters. The van der Waals surface area contributed by atoms with Crippen molar-refractivity contribution in [3.63, 3.8) is 0 Å².